The Morgan fingerprint density at radius 3 is 1.82 bits per heavy atom. The summed E-state index contributed by atoms with van der Waals surface area (Å²) in [6.07, 6.45) is 0. The van der Waals surface area contributed by atoms with Crippen LogP contribution in [-0.4, -0.2) is 6.04 Å². The molecule has 2 unspecified atom stereocenters. The summed E-state index contributed by atoms with van der Waals surface area (Å²) in [6, 6.07) is 9.07. The molecule has 1 rings (SSSR count). The van der Waals surface area contributed by atoms with Gasteiger partial charge in [0, 0.05) is 17.1 Å². The summed E-state index contributed by atoms with van der Waals surface area (Å²) in [6.45, 7) is 11.2. The molecule has 1 aromatic rings. The number of hydrogen-bond donors (Lipinski definition) is 1. The van der Waals surface area contributed by atoms with Crippen molar-refractivity contribution in [2.75, 3.05) is 0 Å². The van der Waals surface area contributed by atoms with E-state index in [0.29, 0.717) is 23.9 Å². The molecule has 0 aliphatic rings. The van der Waals surface area contributed by atoms with Crippen LogP contribution in [0.5, 0.6) is 0 Å². The van der Waals surface area contributed by atoms with Crippen LogP contribution in [0.25, 0.3) is 0 Å². The number of hydrogen-bond acceptors (Lipinski definition) is 1. The monoisotopic (exact) mass is 253 g/mol. The Morgan fingerprint density at radius 1 is 0.882 bits per heavy atom. The van der Waals surface area contributed by atoms with Gasteiger partial charge < -0.3 is 5.32 Å². The standard InChI is InChI=1S/C15H24ClN/c1-10(2)12(5)17-15(11(3)4)13-6-8-14(16)9-7-13/h6-12,15,17H,1-5H3. The van der Waals surface area contributed by atoms with Crippen LogP contribution < -0.4 is 5.32 Å². The summed E-state index contributed by atoms with van der Waals surface area (Å²) >= 11 is 5.93. The van der Waals surface area contributed by atoms with Crippen molar-refractivity contribution >= 4 is 11.6 Å². The van der Waals surface area contributed by atoms with E-state index in [-0.39, 0.29) is 0 Å². The van der Waals surface area contributed by atoms with Gasteiger partial charge in [0.05, 0.1) is 0 Å². The van der Waals surface area contributed by atoms with E-state index in [1.165, 1.54) is 5.56 Å². The first-order valence-corrected chi connectivity index (χ1v) is 6.81. The van der Waals surface area contributed by atoms with Crippen molar-refractivity contribution in [2.45, 2.75) is 46.7 Å². The average molecular weight is 254 g/mol. The largest absolute Gasteiger partial charge is 0.307 e. The predicted molar refractivity (Wildman–Crippen MR) is 76.5 cm³/mol. The molecule has 0 saturated heterocycles. The summed E-state index contributed by atoms with van der Waals surface area (Å²) in [5.41, 5.74) is 1.32. The second-order valence-electron chi connectivity index (χ2n) is 5.47. The van der Waals surface area contributed by atoms with E-state index in [1.54, 1.807) is 0 Å². The van der Waals surface area contributed by atoms with Gasteiger partial charge >= 0.3 is 0 Å². The zero-order valence-electron chi connectivity index (χ0n) is 11.5. The van der Waals surface area contributed by atoms with Gasteiger partial charge in [-0.1, -0.05) is 51.4 Å². The highest BCUT2D eigenvalue weighted by Gasteiger charge is 2.19. The van der Waals surface area contributed by atoms with E-state index in [4.69, 9.17) is 11.6 Å². The van der Waals surface area contributed by atoms with E-state index in [9.17, 15) is 0 Å². The van der Waals surface area contributed by atoms with Crippen molar-refractivity contribution in [2.24, 2.45) is 11.8 Å². The van der Waals surface area contributed by atoms with Crippen LogP contribution in [-0.2, 0) is 0 Å². The maximum atomic E-state index is 5.93. The Kier molecular flexibility index (Phi) is 5.48. The van der Waals surface area contributed by atoms with Crippen LogP contribution in [0.3, 0.4) is 0 Å². The maximum absolute atomic E-state index is 5.93. The van der Waals surface area contributed by atoms with Gasteiger partial charge in [-0.2, -0.15) is 0 Å². The van der Waals surface area contributed by atoms with Gasteiger partial charge in [-0.05, 0) is 36.5 Å². The lowest BCUT2D eigenvalue weighted by Gasteiger charge is -2.29. The van der Waals surface area contributed by atoms with Crippen LogP contribution in [0.2, 0.25) is 5.02 Å². The van der Waals surface area contributed by atoms with Crippen molar-refractivity contribution in [1.29, 1.82) is 0 Å². The zero-order valence-corrected chi connectivity index (χ0v) is 12.3. The predicted octanol–water partition coefficient (Wildman–Crippen LogP) is 4.67. The molecule has 0 aliphatic heterocycles. The molecule has 1 N–H and O–H groups in total. The van der Waals surface area contributed by atoms with Crippen LogP contribution in [0.4, 0.5) is 0 Å². The summed E-state index contributed by atoms with van der Waals surface area (Å²) in [5, 5.41) is 4.51. The molecule has 0 aromatic heterocycles. The van der Waals surface area contributed by atoms with Crippen molar-refractivity contribution < 1.29 is 0 Å². The van der Waals surface area contributed by atoms with Crippen LogP contribution in [0.15, 0.2) is 24.3 Å². The van der Waals surface area contributed by atoms with Gasteiger partial charge in [-0.3, -0.25) is 0 Å². The normalized spacial score (nSPS) is 15.3. The summed E-state index contributed by atoms with van der Waals surface area (Å²) in [4.78, 5) is 0. The molecule has 0 fully saturated rings. The Morgan fingerprint density at radius 2 is 1.41 bits per heavy atom. The second-order valence-corrected chi connectivity index (χ2v) is 5.91. The summed E-state index contributed by atoms with van der Waals surface area (Å²) in [5.74, 6) is 1.21. The number of benzene rings is 1. The average Bonchev–Trinajstić information content (AvgIpc) is 2.26. The number of halogens is 1. The summed E-state index contributed by atoms with van der Waals surface area (Å²) < 4.78 is 0. The highest BCUT2D eigenvalue weighted by molar-refractivity contribution is 6.30. The Hall–Kier alpha value is -0.530. The molecule has 17 heavy (non-hydrogen) atoms. The fraction of sp³-hybridized carbons (Fsp3) is 0.600. The van der Waals surface area contributed by atoms with E-state index < -0.39 is 0 Å². The van der Waals surface area contributed by atoms with Crippen molar-refractivity contribution in [3.63, 3.8) is 0 Å². The molecule has 0 spiro atoms. The SMILES string of the molecule is CC(C)C(C)NC(c1ccc(Cl)cc1)C(C)C. The van der Waals surface area contributed by atoms with Crippen LogP contribution in [0, 0.1) is 11.8 Å². The number of nitrogens with one attached hydrogen (secondary N) is 1. The first-order valence-electron chi connectivity index (χ1n) is 6.43. The first kappa shape index (κ1) is 14.5. The van der Waals surface area contributed by atoms with E-state index in [0.717, 1.165) is 5.02 Å². The third-order valence-corrected chi connectivity index (χ3v) is 3.59. The molecule has 2 atom stereocenters. The minimum absolute atomic E-state index is 0.393. The van der Waals surface area contributed by atoms with Gasteiger partial charge in [-0.15, -0.1) is 0 Å². The lowest BCUT2D eigenvalue weighted by atomic mass is 9.94. The minimum atomic E-state index is 0.393. The van der Waals surface area contributed by atoms with Crippen molar-refractivity contribution in [1.82, 2.24) is 5.32 Å². The topological polar surface area (TPSA) is 12.0 Å². The highest BCUT2D eigenvalue weighted by atomic mass is 35.5. The molecule has 1 aromatic carbocycles. The Balaban J connectivity index is 2.82. The lowest BCUT2D eigenvalue weighted by molar-refractivity contribution is 0.324. The quantitative estimate of drug-likeness (QED) is 0.804. The molecule has 2 heteroatoms. The Bertz CT molecular complexity index is 329. The first-order chi connectivity index (χ1) is 7.91. The van der Waals surface area contributed by atoms with Crippen LogP contribution >= 0.6 is 11.6 Å². The fourth-order valence-electron chi connectivity index (χ4n) is 1.82. The molecule has 0 heterocycles. The lowest BCUT2D eigenvalue weighted by Crippen LogP contribution is -2.36. The van der Waals surface area contributed by atoms with Crippen molar-refractivity contribution in [3.8, 4) is 0 Å². The Labute approximate surface area is 111 Å². The molecule has 0 bridgehead atoms. The molecule has 0 aliphatic carbocycles. The molecule has 1 nitrogen and oxygen atoms in total. The van der Waals surface area contributed by atoms with Gasteiger partial charge in [0.15, 0.2) is 0 Å². The molecular formula is C15H24ClN. The molecule has 0 radical (unpaired) electrons. The van der Waals surface area contributed by atoms with Crippen LogP contribution in [0.1, 0.15) is 46.2 Å². The second kappa shape index (κ2) is 6.42. The third-order valence-electron chi connectivity index (χ3n) is 3.34. The molecule has 0 saturated carbocycles. The van der Waals surface area contributed by atoms with Gasteiger partial charge in [-0.25, -0.2) is 0 Å². The smallest absolute Gasteiger partial charge is 0.0406 e. The minimum Gasteiger partial charge on any atom is -0.307 e. The van der Waals surface area contributed by atoms with Gasteiger partial charge in [0.25, 0.3) is 0 Å². The highest BCUT2D eigenvalue weighted by Crippen LogP contribution is 2.24. The van der Waals surface area contributed by atoms with E-state index >= 15 is 0 Å². The molecular weight excluding hydrogens is 230 g/mol. The van der Waals surface area contributed by atoms with E-state index in [2.05, 4.69) is 52.1 Å². The van der Waals surface area contributed by atoms with E-state index in [1.807, 2.05) is 12.1 Å². The fourth-order valence-corrected chi connectivity index (χ4v) is 1.95. The van der Waals surface area contributed by atoms with Gasteiger partial charge in [0.2, 0.25) is 0 Å². The maximum Gasteiger partial charge on any atom is 0.0406 e. The number of rotatable bonds is 5. The van der Waals surface area contributed by atoms with Crippen molar-refractivity contribution in [3.05, 3.63) is 34.9 Å². The van der Waals surface area contributed by atoms with Gasteiger partial charge in [0.1, 0.15) is 0 Å². The molecule has 96 valence electrons. The third kappa shape index (κ3) is 4.33. The molecule has 0 amide bonds. The zero-order chi connectivity index (χ0) is 13.0. The summed E-state index contributed by atoms with van der Waals surface area (Å²) in [7, 11) is 0.